The van der Waals surface area contributed by atoms with Crippen molar-refractivity contribution < 1.29 is 4.74 Å². The van der Waals surface area contributed by atoms with Crippen molar-refractivity contribution in [3.8, 4) is 5.82 Å². The molecule has 2 aliphatic heterocycles. The molecule has 1 aliphatic carbocycles. The third-order valence-corrected chi connectivity index (χ3v) is 8.00. The van der Waals surface area contributed by atoms with Crippen molar-refractivity contribution in [2.24, 2.45) is 4.99 Å². The van der Waals surface area contributed by atoms with Crippen LogP contribution in [0.3, 0.4) is 0 Å². The summed E-state index contributed by atoms with van der Waals surface area (Å²) in [5, 5.41) is 5.81. The summed E-state index contributed by atoms with van der Waals surface area (Å²) in [7, 11) is 1.87. The van der Waals surface area contributed by atoms with Crippen LogP contribution in [0.2, 0.25) is 0 Å². The van der Waals surface area contributed by atoms with E-state index in [1.54, 1.807) is 6.33 Å². The largest absolute Gasteiger partial charge is 0.380 e. The summed E-state index contributed by atoms with van der Waals surface area (Å²) < 4.78 is 7.58. The summed E-state index contributed by atoms with van der Waals surface area (Å²) in [4.78, 5) is 18.6. The van der Waals surface area contributed by atoms with Gasteiger partial charge in [-0.3, -0.25) is 9.89 Å². The van der Waals surface area contributed by atoms with Gasteiger partial charge in [0, 0.05) is 68.5 Å². The first-order chi connectivity index (χ1) is 16.7. The maximum Gasteiger partial charge on any atom is 0.159 e. The van der Waals surface area contributed by atoms with Gasteiger partial charge in [-0.2, -0.15) is 5.10 Å². The van der Waals surface area contributed by atoms with E-state index in [9.17, 15) is 0 Å². The second-order valence-electron chi connectivity index (χ2n) is 10.0. The van der Waals surface area contributed by atoms with Gasteiger partial charge in [0.05, 0.1) is 18.3 Å². The highest BCUT2D eigenvalue weighted by molar-refractivity contribution is 5.84. The van der Waals surface area contributed by atoms with E-state index in [0.717, 1.165) is 74.6 Å². The lowest BCUT2D eigenvalue weighted by molar-refractivity contribution is 0.105. The summed E-state index contributed by atoms with van der Waals surface area (Å²) in [6.45, 7) is 7.01. The van der Waals surface area contributed by atoms with E-state index in [2.05, 4.69) is 62.2 Å². The number of benzene rings is 1. The van der Waals surface area contributed by atoms with Crippen molar-refractivity contribution in [3.05, 3.63) is 42.4 Å². The molecule has 0 bridgehead atoms. The second-order valence-corrected chi connectivity index (χ2v) is 10.0. The van der Waals surface area contributed by atoms with Crippen molar-refractivity contribution in [1.29, 1.82) is 0 Å². The Morgan fingerprint density at radius 3 is 2.76 bits per heavy atom. The lowest BCUT2D eigenvalue weighted by atomic mass is 9.65. The molecule has 6 rings (SSSR count). The maximum atomic E-state index is 5.62. The Bertz CT molecular complexity index is 1190. The van der Waals surface area contributed by atoms with E-state index in [0.29, 0.717) is 12.1 Å². The molecule has 3 aromatic rings. The quantitative estimate of drug-likeness (QED) is 0.546. The summed E-state index contributed by atoms with van der Waals surface area (Å²) in [5.74, 6) is 1.77. The standard InChI is InChI=1S/C26H33N7O/c1-19-15-31(9-10-32(19)22-6-11-34-16-22)24-13-25(29-18-28-24)33-23-12-21(5-4-20(23)14-30-33)26(17-27-2)7-3-8-26/h4-5,12-14,17-19,22H,3,6-11,15-16H2,1-2H3/t19-,22?/m0/s1. The van der Waals surface area contributed by atoms with Gasteiger partial charge in [0.15, 0.2) is 5.82 Å². The number of rotatable bonds is 5. The number of ether oxygens (including phenoxy) is 1. The number of hydrogen-bond donors (Lipinski definition) is 0. The highest BCUT2D eigenvalue weighted by atomic mass is 16.5. The lowest BCUT2D eigenvalue weighted by Gasteiger charge is -2.43. The number of nitrogens with zero attached hydrogens (tertiary/aromatic N) is 7. The third kappa shape index (κ3) is 3.69. The van der Waals surface area contributed by atoms with Gasteiger partial charge < -0.3 is 9.64 Å². The zero-order chi connectivity index (χ0) is 23.1. The zero-order valence-corrected chi connectivity index (χ0v) is 20.1. The Hall–Kier alpha value is -2.84. The van der Waals surface area contributed by atoms with Crippen molar-refractivity contribution in [1.82, 2.24) is 24.6 Å². The minimum Gasteiger partial charge on any atom is -0.380 e. The second kappa shape index (κ2) is 8.74. The van der Waals surface area contributed by atoms with Crippen molar-refractivity contribution in [3.63, 3.8) is 0 Å². The molecule has 1 unspecified atom stereocenters. The molecule has 8 heteroatoms. The van der Waals surface area contributed by atoms with Crippen LogP contribution in [-0.4, -0.2) is 82.8 Å². The van der Waals surface area contributed by atoms with E-state index in [1.165, 1.54) is 12.0 Å². The molecule has 178 valence electrons. The number of piperazine rings is 1. The molecule has 0 amide bonds. The van der Waals surface area contributed by atoms with Crippen LogP contribution in [0.15, 0.2) is 41.8 Å². The van der Waals surface area contributed by atoms with Gasteiger partial charge in [-0.1, -0.05) is 18.6 Å². The monoisotopic (exact) mass is 459 g/mol. The van der Waals surface area contributed by atoms with Crippen LogP contribution < -0.4 is 4.90 Å². The summed E-state index contributed by atoms with van der Waals surface area (Å²) >= 11 is 0. The molecule has 3 aliphatic rings. The van der Waals surface area contributed by atoms with Crippen LogP contribution in [0.5, 0.6) is 0 Å². The van der Waals surface area contributed by atoms with Gasteiger partial charge in [0.2, 0.25) is 0 Å². The van der Waals surface area contributed by atoms with E-state index in [1.807, 2.05) is 17.9 Å². The molecule has 0 N–H and O–H groups in total. The van der Waals surface area contributed by atoms with Gasteiger partial charge in [-0.05, 0) is 37.8 Å². The molecular formula is C26H33N7O. The third-order valence-electron chi connectivity index (χ3n) is 8.00. The fourth-order valence-corrected chi connectivity index (χ4v) is 5.94. The predicted octanol–water partition coefficient (Wildman–Crippen LogP) is 3.24. The fraction of sp³-hybridized carbons (Fsp3) is 0.538. The van der Waals surface area contributed by atoms with Crippen molar-refractivity contribution >= 4 is 22.9 Å². The Balaban J connectivity index is 1.28. The van der Waals surface area contributed by atoms with Crippen molar-refractivity contribution in [2.75, 3.05) is 44.8 Å². The average molecular weight is 460 g/mol. The molecule has 2 aromatic heterocycles. The topological polar surface area (TPSA) is 71.7 Å². The number of fused-ring (bicyclic) bond motifs is 1. The van der Waals surface area contributed by atoms with Gasteiger partial charge >= 0.3 is 0 Å². The van der Waals surface area contributed by atoms with Gasteiger partial charge in [0.1, 0.15) is 12.1 Å². The molecule has 1 aromatic carbocycles. The smallest absolute Gasteiger partial charge is 0.159 e. The number of hydrogen-bond acceptors (Lipinski definition) is 7. The van der Waals surface area contributed by atoms with E-state index in [-0.39, 0.29) is 5.41 Å². The van der Waals surface area contributed by atoms with Gasteiger partial charge in [-0.15, -0.1) is 0 Å². The number of anilines is 1. The molecule has 1 saturated carbocycles. The van der Waals surface area contributed by atoms with Gasteiger partial charge in [-0.25, -0.2) is 14.6 Å². The molecule has 2 atom stereocenters. The summed E-state index contributed by atoms with van der Waals surface area (Å²) in [6.07, 6.45) is 10.4. The van der Waals surface area contributed by atoms with Crippen LogP contribution in [0.25, 0.3) is 16.7 Å². The first-order valence-electron chi connectivity index (χ1n) is 12.5. The minimum absolute atomic E-state index is 0.0645. The molecule has 0 spiro atoms. The first kappa shape index (κ1) is 21.7. The minimum atomic E-state index is 0.0645. The molecule has 34 heavy (non-hydrogen) atoms. The zero-order valence-electron chi connectivity index (χ0n) is 20.1. The van der Waals surface area contributed by atoms with Gasteiger partial charge in [0.25, 0.3) is 0 Å². The molecule has 8 nitrogen and oxygen atoms in total. The van der Waals surface area contributed by atoms with Crippen LogP contribution in [0, 0.1) is 0 Å². The molecule has 4 heterocycles. The van der Waals surface area contributed by atoms with Crippen LogP contribution >= 0.6 is 0 Å². The first-order valence-corrected chi connectivity index (χ1v) is 12.5. The number of aromatic nitrogens is 4. The highest BCUT2D eigenvalue weighted by Crippen LogP contribution is 2.43. The Morgan fingerprint density at radius 2 is 2.03 bits per heavy atom. The fourth-order valence-electron chi connectivity index (χ4n) is 5.94. The van der Waals surface area contributed by atoms with E-state index < -0.39 is 0 Å². The van der Waals surface area contributed by atoms with Crippen molar-refractivity contribution in [2.45, 2.75) is 50.1 Å². The van der Waals surface area contributed by atoms with Crippen LogP contribution in [-0.2, 0) is 10.2 Å². The molecule has 2 saturated heterocycles. The Kier molecular flexibility index (Phi) is 5.57. The summed E-state index contributed by atoms with van der Waals surface area (Å²) in [6, 6.07) is 9.78. The normalized spacial score (nSPS) is 25.3. The molecule has 3 fully saturated rings. The van der Waals surface area contributed by atoms with E-state index in [4.69, 9.17) is 9.84 Å². The maximum absolute atomic E-state index is 5.62. The Labute approximate surface area is 200 Å². The number of aliphatic imine (C=N–C) groups is 1. The van der Waals surface area contributed by atoms with Crippen LogP contribution in [0.4, 0.5) is 5.82 Å². The predicted molar refractivity (Wildman–Crippen MR) is 134 cm³/mol. The Morgan fingerprint density at radius 1 is 1.15 bits per heavy atom. The SMILES string of the molecule is CN=CC1(c2ccc3cnn(-c4cc(N5CCN(C6CCOC6)[C@@H](C)C5)ncn4)c3c2)CCC1. The summed E-state index contributed by atoms with van der Waals surface area (Å²) in [5.41, 5.74) is 2.46. The van der Waals surface area contributed by atoms with E-state index >= 15 is 0 Å². The molecular weight excluding hydrogens is 426 g/mol. The highest BCUT2D eigenvalue weighted by Gasteiger charge is 2.37. The van der Waals surface area contributed by atoms with Crippen LogP contribution in [0.1, 0.15) is 38.2 Å². The molecule has 0 radical (unpaired) electrons. The average Bonchev–Trinajstić information content (AvgIpc) is 3.51. The lowest BCUT2D eigenvalue weighted by Crippen LogP contribution is -2.55.